The van der Waals surface area contributed by atoms with Gasteiger partial charge in [-0.2, -0.15) is 5.23 Å². The molecule has 0 amide bonds. The molecule has 0 fully saturated rings. The molecule has 1 atom stereocenters. The van der Waals surface area contributed by atoms with E-state index in [0.717, 1.165) is 0 Å². The summed E-state index contributed by atoms with van der Waals surface area (Å²) in [6.45, 7) is 0. The molecule has 0 saturated carbocycles. The lowest BCUT2D eigenvalue weighted by Crippen LogP contribution is -3.05. The van der Waals surface area contributed by atoms with Gasteiger partial charge in [0.05, 0.1) is 0 Å². The maximum atomic E-state index is 10.5. The van der Waals surface area contributed by atoms with E-state index < -0.39 is 0 Å². The van der Waals surface area contributed by atoms with Crippen molar-refractivity contribution in [1.82, 2.24) is 5.01 Å². The highest BCUT2D eigenvalue weighted by Crippen LogP contribution is 1.95. The molecule has 0 rings (SSSR count). The number of hydroxylamine groups is 4. The van der Waals surface area contributed by atoms with Gasteiger partial charge < -0.3 is 5.21 Å². The Morgan fingerprint density at radius 1 is 1.40 bits per heavy atom. The van der Waals surface area contributed by atoms with Gasteiger partial charge in [-0.05, 0) is 0 Å². The maximum Gasteiger partial charge on any atom is 0.124 e. The minimum atomic E-state index is -0.279. The SMILES string of the molecule is CN(C)[N+](C)(C)O[NH+](C)[O-]. The average molecular weight is 150 g/mol. The molecule has 0 bridgehead atoms. The summed E-state index contributed by atoms with van der Waals surface area (Å²) < 4.78 is 0.120. The second-order valence-corrected chi connectivity index (χ2v) is 2.72. The first-order valence-corrected chi connectivity index (χ1v) is 3.08. The van der Waals surface area contributed by atoms with Crippen LogP contribution in [-0.4, -0.2) is 45.0 Å². The monoisotopic (exact) mass is 150 g/mol. The van der Waals surface area contributed by atoms with Crippen LogP contribution in [0.3, 0.4) is 0 Å². The lowest BCUT2D eigenvalue weighted by Gasteiger charge is -2.31. The van der Waals surface area contributed by atoms with E-state index in [1.54, 1.807) is 19.1 Å². The highest BCUT2D eigenvalue weighted by molar-refractivity contribution is 4.01. The Morgan fingerprint density at radius 2 is 1.80 bits per heavy atom. The van der Waals surface area contributed by atoms with Gasteiger partial charge in [-0.25, -0.2) is 0 Å². The Bertz CT molecular complexity index is 103. The van der Waals surface area contributed by atoms with Crippen LogP contribution in [0.25, 0.3) is 0 Å². The summed E-state index contributed by atoms with van der Waals surface area (Å²) in [5.41, 5.74) is 0. The molecule has 1 N–H and O–H groups in total. The zero-order valence-corrected chi connectivity index (χ0v) is 7.21. The van der Waals surface area contributed by atoms with Gasteiger partial charge in [0.25, 0.3) is 0 Å². The molecule has 1 unspecified atom stereocenters. The topological polar surface area (TPSA) is 40.0 Å². The van der Waals surface area contributed by atoms with E-state index in [-0.39, 0.29) is 9.98 Å². The number of hydrogen-bond donors (Lipinski definition) is 1. The molecule has 10 heavy (non-hydrogen) atoms. The highest BCUT2D eigenvalue weighted by Gasteiger charge is 2.23. The van der Waals surface area contributed by atoms with Crippen molar-refractivity contribution in [3.05, 3.63) is 5.21 Å². The number of rotatable bonds is 3. The molecule has 5 nitrogen and oxygen atoms in total. The molecule has 0 aliphatic rings. The smallest absolute Gasteiger partial charge is 0.124 e. The fourth-order valence-corrected chi connectivity index (χ4v) is 0.396. The average Bonchev–Trinajstić information content (AvgIpc) is 1.60. The Kier molecular flexibility index (Phi) is 3.20. The van der Waals surface area contributed by atoms with Crippen molar-refractivity contribution >= 4 is 0 Å². The first kappa shape index (κ1) is 9.80. The lowest BCUT2D eigenvalue weighted by molar-refractivity contribution is -1.35. The van der Waals surface area contributed by atoms with E-state index in [1.807, 2.05) is 14.1 Å². The number of nitrogens with zero attached hydrogens (tertiary/aromatic N) is 2. The molecule has 0 saturated heterocycles. The highest BCUT2D eigenvalue weighted by atomic mass is 17.0. The van der Waals surface area contributed by atoms with Crippen LogP contribution in [0.1, 0.15) is 0 Å². The summed E-state index contributed by atoms with van der Waals surface area (Å²) in [7, 11) is 8.62. The van der Waals surface area contributed by atoms with Crippen LogP contribution in [0, 0.1) is 5.21 Å². The van der Waals surface area contributed by atoms with Crippen LogP contribution < -0.4 is 5.23 Å². The molecule has 0 aliphatic carbocycles. The van der Waals surface area contributed by atoms with Gasteiger partial charge in [-0.3, -0.25) is 0 Å². The Balaban J connectivity index is 3.87. The fraction of sp³-hybridized carbons (Fsp3) is 1.00. The summed E-state index contributed by atoms with van der Waals surface area (Å²) >= 11 is 0. The van der Waals surface area contributed by atoms with Crippen LogP contribution in [0.4, 0.5) is 0 Å². The first-order valence-electron chi connectivity index (χ1n) is 3.08. The summed E-state index contributed by atoms with van der Waals surface area (Å²) in [6, 6.07) is 0. The van der Waals surface area contributed by atoms with E-state index in [0.29, 0.717) is 0 Å². The van der Waals surface area contributed by atoms with Crippen molar-refractivity contribution < 1.29 is 14.9 Å². The molecule has 0 heterocycles. The van der Waals surface area contributed by atoms with Crippen molar-refractivity contribution in [3.8, 4) is 0 Å². The Morgan fingerprint density at radius 3 is 1.90 bits per heavy atom. The van der Waals surface area contributed by atoms with Gasteiger partial charge in [-0.15, -0.1) is 5.01 Å². The predicted octanol–water partition coefficient (Wildman–Crippen LogP) is -1.60. The minimum absolute atomic E-state index is 0.120. The summed E-state index contributed by atoms with van der Waals surface area (Å²) in [5.74, 6) is 0. The molecule has 0 aromatic heterocycles. The zero-order valence-electron chi connectivity index (χ0n) is 7.21. The molecule has 0 aliphatic heterocycles. The maximum absolute atomic E-state index is 10.5. The van der Waals surface area contributed by atoms with E-state index in [4.69, 9.17) is 4.94 Å². The first-order chi connectivity index (χ1) is 4.36. The lowest BCUT2D eigenvalue weighted by atomic mass is 11.0. The normalized spacial score (nSPS) is 15.9. The van der Waals surface area contributed by atoms with Gasteiger partial charge in [-0.1, -0.05) is 4.76 Å². The van der Waals surface area contributed by atoms with Gasteiger partial charge >= 0.3 is 0 Å². The van der Waals surface area contributed by atoms with Crippen LogP contribution >= 0.6 is 0 Å². The van der Waals surface area contributed by atoms with E-state index >= 15 is 0 Å². The van der Waals surface area contributed by atoms with Crippen molar-refractivity contribution in [2.75, 3.05) is 35.2 Å². The molecule has 0 aromatic carbocycles. The van der Waals surface area contributed by atoms with Crippen molar-refractivity contribution in [2.24, 2.45) is 0 Å². The molecule has 0 radical (unpaired) electrons. The molecule has 0 aromatic rings. The van der Waals surface area contributed by atoms with Crippen LogP contribution in [0.2, 0.25) is 0 Å². The third-order valence-corrected chi connectivity index (χ3v) is 1.32. The van der Waals surface area contributed by atoms with Crippen LogP contribution in [0.15, 0.2) is 0 Å². The van der Waals surface area contributed by atoms with Crippen molar-refractivity contribution in [2.45, 2.75) is 0 Å². The molecule has 5 heteroatoms. The molecule has 62 valence electrons. The second-order valence-electron chi connectivity index (χ2n) is 2.72. The Labute approximate surface area is 61.4 Å². The van der Waals surface area contributed by atoms with Crippen molar-refractivity contribution in [3.63, 3.8) is 0 Å². The predicted molar refractivity (Wildman–Crippen MR) is 37.1 cm³/mol. The third kappa shape index (κ3) is 3.09. The zero-order chi connectivity index (χ0) is 8.36. The molecule has 0 spiro atoms. The van der Waals surface area contributed by atoms with Crippen LogP contribution in [-0.2, 0) is 4.94 Å². The summed E-state index contributed by atoms with van der Waals surface area (Å²) in [6.07, 6.45) is 0. The number of hydrogen-bond acceptors (Lipinski definition) is 3. The molecular weight excluding hydrogens is 134 g/mol. The molecular formula is C5H16N3O2+. The number of nitrogens with one attached hydrogen (secondary N) is 1. The Hall–Kier alpha value is -0.200. The minimum Gasteiger partial charge on any atom is -0.596 e. The van der Waals surface area contributed by atoms with Crippen LogP contribution in [0.5, 0.6) is 0 Å². The van der Waals surface area contributed by atoms with Crippen molar-refractivity contribution in [1.29, 1.82) is 0 Å². The van der Waals surface area contributed by atoms with Gasteiger partial charge in [0.1, 0.15) is 21.1 Å². The van der Waals surface area contributed by atoms with E-state index in [2.05, 4.69) is 0 Å². The quantitative estimate of drug-likeness (QED) is 0.389. The third-order valence-electron chi connectivity index (χ3n) is 1.32. The van der Waals surface area contributed by atoms with Gasteiger partial charge in [0.15, 0.2) is 0 Å². The van der Waals surface area contributed by atoms with Gasteiger partial charge in [0.2, 0.25) is 0 Å². The second kappa shape index (κ2) is 3.27. The van der Waals surface area contributed by atoms with E-state index in [1.165, 1.54) is 7.05 Å². The summed E-state index contributed by atoms with van der Waals surface area (Å²) in [5, 5.41) is 12.0. The standard InChI is InChI=1S/C5H16N3O2/c1-6(2)8(4,5)10-7(3)9/h7H,1-5H3/q+1. The van der Waals surface area contributed by atoms with E-state index in [9.17, 15) is 5.21 Å². The number of quaternary nitrogens is 2. The van der Waals surface area contributed by atoms with Gasteiger partial charge in [0, 0.05) is 19.0 Å². The summed E-state index contributed by atoms with van der Waals surface area (Å²) in [4.78, 5) is 4.92. The largest absolute Gasteiger partial charge is 0.596 e. The fourth-order valence-electron chi connectivity index (χ4n) is 0.396.